The zero-order chi connectivity index (χ0) is 17.0. The molecule has 128 valence electrons. The minimum atomic E-state index is -0.237. The lowest BCUT2D eigenvalue weighted by Gasteiger charge is -2.36. The molecule has 1 aliphatic rings. The summed E-state index contributed by atoms with van der Waals surface area (Å²) in [6.45, 7) is 9.73. The summed E-state index contributed by atoms with van der Waals surface area (Å²) in [6, 6.07) is -0.0303. The lowest BCUT2D eigenvalue weighted by molar-refractivity contribution is 0.221. The van der Waals surface area contributed by atoms with Crippen LogP contribution < -0.4 is 15.5 Å². The van der Waals surface area contributed by atoms with Crippen molar-refractivity contribution in [3.8, 4) is 0 Å². The van der Waals surface area contributed by atoms with Crippen LogP contribution in [0.2, 0.25) is 5.02 Å². The average Bonchev–Trinajstić information content (AvgIpc) is 2.46. The van der Waals surface area contributed by atoms with Crippen LogP contribution in [0.1, 0.15) is 40.5 Å². The number of nitrogens with one attached hydrogen (secondary N) is 2. The van der Waals surface area contributed by atoms with Crippen LogP contribution in [0.25, 0.3) is 0 Å². The van der Waals surface area contributed by atoms with Crippen LogP contribution in [-0.4, -0.2) is 40.7 Å². The summed E-state index contributed by atoms with van der Waals surface area (Å²) >= 11 is 5.84. The highest BCUT2D eigenvalue weighted by Gasteiger charge is 2.27. The smallest absolute Gasteiger partial charge is 0.315 e. The fraction of sp³-hybridized carbons (Fsp3) is 0.688. The van der Waals surface area contributed by atoms with Crippen molar-refractivity contribution in [3.05, 3.63) is 17.4 Å². The molecule has 7 heteroatoms. The summed E-state index contributed by atoms with van der Waals surface area (Å²) in [6.07, 6.45) is 5.38. The van der Waals surface area contributed by atoms with Gasteiger partial charge in [-0.3, -0.25) is 0 Å². The molecule has 23 heavy (non-hydrogen) atoms. The summed E-state index contributed by atoms with van der Waals surface area (Å²) in [5.74, 6) is 1.07. The Hall–Kier alpha value is -1.56. The molecule has 2 amide bonds. The van der Waals surface area contributed by atoms with E-state index in [-0.39, 0.29) is 17.6 Å². The second-order valence-electron chi connectivity index (χ2n) is 7.19. The average molecular weight is 340 g/mol. The van der Waals surface area contributed by atoms with Crippen molar-refractivity contribution in [2.75, 3.05) is 18.0 Å². The van der Waals surface area contributed by atoms with E-state index in [4.69, 9.17) is 11.6 Å². The molecule has 1 aromatic heterocycles. The van der Waals surface area contributed by atoms with Crippen molar-refractivity contribution < 1.29 is 4.79 Å². The molecule has 1 fully saturated rings. The molecular formula is C16H26ClN5O. The summed E-state index contributed by atoms with van der Waals surface area (Å²) in [4.78, 5) is 22.8. The number of rotatable bonds is 3. The molecule has 1 aliphatic heterocycles. The molecule has 0 bridgehead atoms. The second kappa shape index (κ2) is 7.34. The number of anilines is 1. The first-order valence-electron chi connectivity index (χ1n) is 8.06. The molecule has 0 radical (unpaired) electrons. The molecule has 1 saturated heterocycles. The summed E-state index contributed by atoms with van der Waals surface area (Å²) in [7, 11) is 0. The SMILES string of the molecule is C[C@@H](NC(=O)NC(C)(C)C)[C@H]1CCCN(c2ncc(Cl)cn2)C1. The van der Waals surface area contributed by atoms with Crippen molar-refractivity contribution in [2.45, 2.75) is 52.1 Å². The normalized spacial score (nSPS) is 20.0. The third kappa shape index (κ3) is 5.53. The van der Waals surface area contributed by atoms with Gasteiger partial charge in [-0.1, -0.05) is 11.6 Å². The van der Waals surface area contributed by atoms with Crippen LogP contribution >= 0.6 is 11.6 Å². The molecule has 2 N–H and O–H groups in total. The first-order valence-corrected chi connectivity index (χ1v) is 8.43. The Balaban J connectivity index is 1.92. The number of carbonyl (C=O) groups is 1. The molecule has 1 aromatic rings. The standard InChI is InChI=1S/C16H26ClN5O/c1-11(20-15(23)21-16(2,3)4)12-6-5-7-22(10-12)14-18-8-13(17)9-19-14/h8-9,11-12H,5-7,10H2,1-4H3,(H2,20,21,23)/t11-,12+/m1/s1. The van der Waals surface area contributed by atoms with Gasteiger partial charge in [-0.15, -0.1) is 0 Å². The lowest BCUT2D eigenvalue weighted by Crippen LogP contribution is -2.52. The van der Waals surface area contributed by atoms with E-state index in [0.717, 1.165) is 25.9 Å². The zero-order valence-electron chi connectivity index (χ0n) is 14.3. The maximum atomic E-state index is 12.0. The van der Waals surface area contributed by atoms with Gasteiger partial charge in [0.2, 0.25) is 5.95 Å². The number of amides is 2. The van der Waals surface area contributed by atoms with Gasteiger partial charge in [0.15, 0.2) is 0 Å². The maximum Gasteiger partial charge on any atom is 0.315 e. The van der Waals surface area contributed by atoms with E-state index in [1.807, 2.05) is 20.8 Å². The minimum Gasteiger partial charge on any atom is -0.340 e. The summed E-state index contributed by atoms with van der Waals surface area (Å²) in [5, 5.41) is 6.52. The number of piperidine rings is 1. The summed E-state index contributed by atoms with van der Waals surface area (Å²) in [5.41, 5.74) is -0.237. The van der Waals surface area contributed by atoms with Crippen molar-refractivity contribution in [1.82, 2.24) is 20.6 Å². The van der Waals surface area contributed by atoms with Gasteiger partial charge in [0, 0.05) is 24.7 Å². The second-order valence-corrected chi connectivity index (χ2v) is 7.62. The van der Waals surface area contributed by atoms with Gasteiger partial charge in [0.05, 0.1) is 17.4 Å². The fourth-order valence-electron chi connectivity index (χ4n) is 2.77. The highest BCUT2D eigenvalue weighted by Crippen LogP contribution is 2.23. The van der Waals surface area contributed by atoms with Crippen molar-refractivity contribution in [3.63, 3.8) is 0 Å². The van der Waals surface area contributed by atoms with Gasteiger partial charge in [0.25, 0.3) is 0 Å². The topological polar surface area (TPSA) is 70.2 Å². The Morgan fingerprint density at radius 3 is 2.65 bits per heavy atom. The lowest BCUT2D eigenvalue weighted by atomic mass is 9.92. The van der Waals surface area contributed by atoms with Gasteiger partial charge < -0.3 is 15.5 Å². The number of urea groups is 1. The van der Waals surface area contributed by atoms with Crippen molar-refractivity contribution in [2.24, 2.45) is 5.92 Å². The molecule has 6 nitrogen and oxygen atoms in total. The van der Waals surface area contributed by atoms with Crippen LogP contribution in [0.5, 0.6) is 0 Å². The Kier molecular flexibility index (Phi) is 5.68. The number of aromatic nitrogens is 2. The van der Waals surface area contributed by atoms with E-state index in [1.54, 1.807) is 12.4 Å². The first-order chi connectivity index (χ1) is 10.7. The Labute approximate surface area is 143 Å². The monoisotopic (exact) mass is 339 g/mol. The third-order valence-electron chi connectivity index (χ3n) is 3.90. The van der Waals surface area contributed by atoms with Gasteiger partial charge in [-0.2, -0.15) is 0 Å². The number of hydrogen-bond acceptors (Lipinski definition) is 4. The highest BCUT2D eigenvalue weighted by molar-refractivity contribution is 6.30. The van der Waals surface area contributed by atoms with Crippen LogP contribution in [0.4, 0.5) is 10.7 Å². The fourth-order valence-corrected chi connectivity index (χ4v) is 2.87. The van der Waals surface area contributed by atoms with Crippen LogP contribution in [0.15, 0.2) is 12.4 Å². The molecule has 0 saturated carbocycles. The molecule has 2 heterocycles. The molecule has 0 aromatic carbocycles. The van der Waals surface area contributed by atoms with Crippen LogP contribution in [0.3, 0.4) is 0 Å². The number of nitrogens with zero attached hydrogens (tertiary/aromatic N) is 3. The largest absolute Gasteiger partial charge is 0.340 e. The number of carbonyl (C=O) groups excluding carboxylic acids is 1. The van der Waals surface area contributed by atoms with E-state index >= 15 is 0 Å². The molecular weight excluding hydrogens is 314 g/mol. The van der Waals surface area contributed by atoms with Gasteiger partial charge in [-0.25, -0.2) is 14.8 Å². The summed E-state index contributed by atoms with van der Waals surface area (Å²) < 4.78 is 0. The van der Waals surface area contributed by atoms with Crippen molar-refractivity contribution in [1.29, 1.82) is 0 Å². The van der Waals surface area contributed by atoms with E-state index < -0.39 is 0 Å². The predicted octanol–water partition coefficient (Wildman–Crippen LogP) is 2.83. The Morgan fingerprint density at radius 1 is 1.39 bits per heavy atom. The predicted molar refractivity (Wildman–Crippen MR) is 92.9 cm³/mol. The maximum absolute atomic E-state index is 12.0. The van der Waals surface area contributed by atoms with Crippen molar-refractivity contribution >= 4 is 23.6 Å². The van der Waals surface area contributed by atoms with Crippen LogP contribution in [0, 0.1) is 5.92 Å². The molecule has 2 rings (SSSR count). The molecule has 2 atom stereocenters. The minimum absolute atomic E-state index is 0.0902. The molecule has 0 spiro atoms. The number of hydrogen-bond donors (Lipinski definition) is 2. The van der Waals surface area contributed by atoms with E-state index in [1.165, 1.54) is 0 Å². The van der Waals surface area contributed by atoms with Crippen LogP contribution in [-0.2, 0) is 0 Å². The first kappa shape index (κ1) is 17.8. The number of halogens is 1. The van der Waals surface area contributed by atoms with E-state index in [9.17, 15) is 4.79 Å². The third-order valence-corrected chi connectivity index (χ3v) is 4.10. The quantitative estimate of drug-likeness (QED) is 0.888. The van der Waals surface area contributed by atoms with Gasteiger partial charge >= 0.3 is 6.03 Å². The Morgan fingerprint density at radius 2 is 2.04 bits per heavy atom. The van der Waals surface area contributed by atoms with Gasteiger partial charge in [-0.05, 0) is 46.5 Å². The zero-order valence-corrected chi connectivity index (χ0v) is 15.0. The Bertz CT molecular complexity index is 528. The van der Waals surface area contributed by atoms with E-state index in [0.29, 0.717) is 16.9 Å². The molecule has 0 unspecified atom stereocenters. The van der Waals surface area contributed by atoms with Gasteiger partial charge in [0.1, 0.15) is 0 Å². The highest BCUT2D eigenvalue weighted by atomic mass is 35.5. The van der Waals surface area contributed by atoms with E-state index in [2.05, 4.69) is 32.4 Å². The molecule has 0 aliphatic carbocycles.